The van der Waals surface area contributed by atoms with Gasteiger partial charge in [-0.2, -0.15) is 5.10 Å². The summed E-state index contributed by atoms with van der Waals surface area (Å²) in [7, 11) is 0. The standard InChI is InChI=1S/C19H22FN3/c1-16(18-7-9-19(20)10-8-18)21-23-13-11-22(12-14-23)15-17-5-3-2-4-6-17/h2-10H,11-15H2,1H3/b21-16+. The maximum absolute atomic E-state index is 13.0. The highest BCUT2D eigenvalue weighted by Gasteiger charge is 2.16. The Labute approximate surface area is 137 Å². The van der Waals surface area contributed by atoms with Gasteiger partial charge in [0.2, 0.25) is 0 Å². The third-order valence-corrected chi connectivity index (χ3v) is 4.15. The van der Waals surface area contributed by atoms with Crippen LogP contribution in [0.4, 0.5) is 4.39 Å². The lowest BCUT2D eigenvalue weighted by molar-refractivity contribution is 0.130. The Hall–Kier alpha value is -2.20. The van der Waals surface area contributed by atoms with Crippen molar-refractivity contribution < 1.29 is 4.39 Å². The van der Waals surface area contributed by atoms with E-state index in [0.717, 1.165) is 44.0 Å². The molecule has 0 saturated carbocycles. The molecule has 0 amide bonds. The molecule has 0 aliphatic carbocycles. The molecule has 1 fully saturated rings. The number of nitrogens with zero attached hydrogens (tertiary/aromatic N) is 3. The first-order valence-corrected chi connectivity index (χ1v) is 8.03. The summed E-state index contributed by atoms with van der Waals surface area (Å²) in [4.78, 5) is 2.45. The van der Waals surface area contributed by atoms with E-state index >= 15 is 0 Å². The fourth-order valence-corrected chi connectivity index (χ4v) is 2.80. The zero-order valence-electron chi connectivity index (χ0n) is 13.5. The molecule has 0 radical (unpaired) electrons. The van der Waals surface area contributed by atoms with Gasteiger partial charge in [0.05, 0.1) is 5.71 Å². The van der Waals surface area contributed by atoms with Crippen LogP contribution in [0.15, 0.2) is 59.7 Å². The smallest absolute Gasteiger partial charge is 0.123 e. The third-order valence-electron chi connectivity index (χ3n) is 4.15. The van der Waals surface area contributed by atoms with Gasteiger partial charge in [-0.1, -0.05) is 42.5 Å². The lowest BCUT2D eigenvalue weighted by Crippen LogP contribution is -2.43. The summed E-state index contributed by atoms with van der Waals surface area (Å²) in [6.07, 6.45) is 0. The normalized spacial score (nSPS) is 16.6. The Bertz CT molecular complexity index is 644. The van der Waals surface area contributed by atoms with Gasteiger partial charge < -0.3 is 0 Å². The second kappa shape index (κ2) is 7.38. The molecule has 3 rings (SSSR count). The van der Waals surface area contributed by atoms with Crippen molar-refractivity contribution in [2.24, 2.45) is 5.10 Å². The zero-order chi connectivity index (χ0) is 16.1. The molecule has 0 aromatic heterocycles. The van der Waals surface area contributed by atoms with Crippen LogP contribution in [-0.4, -0.2) is 41.8 Å². The quantitative estimate of drug-likeness (QED) is 0.806. The fraction of sp³-hybridized carbons (Fsp3) is 0.316. The molecule has 3 nitrogen and oxygen atoms in total. The number of hydrogen-bond acceptors (Lipinski definition) is 3. The molecule has 4 heteroatoms. The predicted octanol–water partition coefficient (Wildman–Crippen LogP) is 3.37. The summed E-state index contributed by atoms with van der Waals surface area (Å²) in [5.74, 6) is -0.212. The minimum absolute atomic E-state index is 0.212. The van der Waals surface area contributed by atoms with Crippen LogP contribution in [0.25, 0.3) is 0 Å². The number of benzene rings is 2. The van der Waals surface area contributed by atoms with Crippen molar-refractivity contribution >= 4 is 5.71 Å². The molecular weight excluding hydrogens is 289 g/mol. The highest BCUT2D eigenvalue weighted by Crippen LogP contribution is 2.10. The van der Waals surface area contributed by atoms with Gasteiger partial charge in [0.1, 0.15) is 5.82 Å². The summed E-state index contributed by atoms with van der Waals surface area (Å²) in [5, 5.41) is 6.79. The Kier molecular flexibility index (Phi) is 5.03. The van der Waals surface area contributed by atoms with E-state index in [2.05, 4.69) is 39.3 Å². The Morgan fingerprint density at radius 2 is 1.61 bits per heavy atom. The molecule has 23 heavy (non-hydrogen) atoms. The van der Waals surface area contributed by atoms with Crippen LogP contribution in [0.2, 0.25) is 0 Å². The molecule has 2 aromatic rings. The Morgan fingerprint density at radius 3 is 2.26 bits per heavy atom. The zero-order valence-corrected chi connectivity index (χ0v) is 13.5. The molecule has 1 saturated heterocycles. The molecule has 0 bridgehead atoms. The van der Waals surface area contributed by atoms with Crippen molar-refractivity contribution in [3.8, 4) is 0 Å². The molecule has 1 aliphatic rings. The van der Waals surface area contributed by atoms with Gasteiger partial charge in [0, 0.05) is 32.7 Å². The minimum Gasteiger partial charge on any atom is -0.295 e. The van der Waals surface area contributed by atoms with E-state index in [0.29, 0.717) is 0 Å². The second-order valence-corrected chi connectivity index (χ2v) is 5.91. The largest absolute Gasteiger partial charge is 0.295 e. The molecule has 0 N–H and O–H groups in total. The Balaban J connectivity index is 1.54. The summed E-state index contributed by atoms with van der Waals surface area (Å²) in [5.41, 5.74) is 3.26. The van der Waals surface area contributed by atoms with Gasteiger partial charge >= 0.3 is 0 Å². The van der Waals surface area contributed by atoms with E-state index in [-0.39, 0.29) is 5.82 Å². The maximum atomic E-state index is 13.0. The summed E-state index contributed by atoms with van der Waals surface area (Å²) >= 11 is 0. The van der Waals surface area contributed by atoms with Crippen LogP contribution in [0.1, 0.15) is 18.1 Å². The first-order valence-electron chi connectivity index (χ1n) is 8.03. The van der Waals surface area contributed by atoms with E-state index in [1.807, 2.05) is 13.0 Å². The SMILES string of the molecule is C/C(=N\N1CCN(Cc2ccccc2)CC1)c1ccc(F)cc1. The number of hydrazone groups is 1. The van der Waals surface area contributed by atoms with E-state index in [1.54, 1.807) is 12.1 Å². The van der Waals surface area contributed by atoms with Crippen LogP contribution in [-0.2, 0) is 6.54 Å². The van der Waals surface area contributed by atoms with E-state index < -0.39 is 0 Å². The molecule has 1 heterocycles. The van der Waals surface area contributed by atoms with Crippen molar-refractivity contribution in [1.82, 2.24) is 9.91 Å². The van der Waals surface area contributed by atoms with Crippen molar-refractivity contribution in [2.75, 3.05) is 26.2 Å². The van der Waals surface area contributed by atoms with Crippen LogP contribution in [0.3, 0.4) is 0 Å². The van der Waals surface area contributed by atoms with Crippen LogP contribution in [0, 0.1) is 5.82 Å². The van der Waals surface area contributed by atoms with E-state index in [1.165, 1.54) is 17.7 Å². The number of halogens is 1. The van der Waals surface area contributed by atoms with Crippen LogP contribution >= 0.6 is 0 Å². The lowest BCUT2D eigenvalue weighted by atomic mass is 10.1. The van der Waals surface area contributed by atoms with Crippen molar-refractivity contribution in [2.45, 2.75) is 13.5 Å². The summed E-state index contributed by atoms with van der Waals surface area (Å²) < 4.78 is 13.0. The summed E-state index contributed by atoms with van der Waals surface area (Å²) in [6, 6.07) is 17.1. The lowest BCUT2D eigenvalue weighted by Gasteiger charge is -2.33. The summed E-state index contributed by atoms with van der Waals surface area (Å²) in [6.45, 7) is 6.83. The molecule has 1 aliphatic heterocycles. The number of rotatable bonds is 4. The van der Waals surface area contributed by atoms with Crippen molar-refractivity contribution in [3.63, 3.8) is 0 Å². The first-order chi connectivity index (χ1) is 11.2. The van der Waals surface area contributed by atoms with Crippen LogP contribution in [0.5, 0.6) is 0 Å². The molecule has 120 valence electrons. The monoisotopic (exact) mass is 311 g/mol. The van der Waals surface area contributed by atoms with Gasteiger partial charge in [-0.15, -0.1) is 0 Å². The topological polar surface area (TPSA) is 18.8 Å². The highest BCUT2D eigenvalue weighted by molar-refractivity contribution is 5.98. The average molecular weight is 311 g/mol. The average Bonchev–Trinajstić information content (AvgIpc) is 2.58. The van der Waals surface area contributed by atoms with Gasteiger partial charge in [0.15, 0.2) is 0 Å². The van der Waals surface area contributed by atoms with Crippen LogP contribution < -0.4 is 0 Å². The molecular formula is C19H22FN3. The predicted molar refractivity (Wildman–Crippen MR) is 91.9 cm³/mol. The molecule has 0 spiro atoms. The first kappa shape index (κ1) is 15.7. The van der Waals surface area contributed by atoms with Gasteiger partial charge in [-0.25, -0.2) is 4.39 Å². The minimum atomic E-state index is -0.212. The fourth-order valence-electron chi connectivity index (χ4n) is 2.80. The second-order valence-electron chi connectivity index (χ2n) is 5.91. The van der Waals surface area contributed by atoms with Gasteiger partial charge in [0.25, 0.3) is 0 Å². The molecule has 0 unspecified atom stereocenters. The van der Waals surface area contributed by atoms with Gasteiger partial charge in [-0.05, 0) is 30.2 Å². The maximum Gasteiger partial charge on any atom is 0.123 e. The molecule has 2 aromatic carbocycles. The van der Waals surface area contributed by atoms with Crippen molar-refractivity contribution in [3.05, 3.63) is 71.5 Å². The van der Waals surface area contributed by atoms with E-state index in [9.17, 15) is 4.39 Å². The van der Waals surface area contributed by atoms with E-state index in [4.69, 9.17) is 0 Å². The van der Waals surface area contributed by atoms with Gasteiger partial charge in [-0.3, -0.25) is 9.91 Å². The Morgan fingerprint density at radius 1 is 0.957 bits per heavy atom. The molecule has 0 atom stereocenters. The van der Waals surface area contributed by atoms with Crippen molar-refractivity contribution in [1.29, 1.82) is 0 Å². The number of hydrogen-bond donors (Lipinski definition) is 0. The number of piperazine rings is 1. The highest BCUT2D eigenvalue weighted by atomic mass is 19.1. The third kappa shape index (κ3) is 4.39.